The fraction of sp³-hybridized carbons (Fsp3) is 0.385. The van der Waals surface area contributed by atoms with E-state index in [-0.39, 0.29) is 11.9 Å². The largest absolute Gasteiger partial charge is 0.377 e. The number of ether oxygens (including phenoxy) is 1. The molecule has 100 valence electrons. The summed E-state index contributed by atoms with van der Waals surface area (Å²) in [5, 5.41) is 8.84. The molecule has 1 atom stereocenters. The van der Waals surface area contributed by atoms with Crippen LogP contribution in [0.4, 0.5) is 0 Å². The third-order valence-corrected chi connectivity index (χ3v) is 4.33. The van der Waals surface area contributed by atoms with Crippen LogP contribution < -0.4 is 0 Å². The molecule has 0 unspecified atom stereocenters. The Kier molecular flexibility index (Phi) is 3.35. The molecule has 2 aromatic heterocycles. The number of aromatic amines is 1. The van der Waals surface area contributed by atoms with Gasteiger partial charge < -0.3 is 9.64 Å². The quantitative estimate of drug-likeness (QED) is 0.913. The number of carbonyl (C=O) groups is 1. The van der Waals surface area contributed by atoms with Crippen molar-refractivity contribution in [3.05, 3.63) is 39.8 Å². The molecule has 2 aromatic rings. The van der Waals surface area contributed by atoms with Crippen molar-refractivity contribution in [1.82, 2.24) is 15.1 Å². The maximum atomic E-state index is 12.6. The van der Waals surface area contributed by atoms with E-state index in [4.69, 9.17) is 4.74 Å². The minimum absolute atomic E-state index is 0.0785. The monoisotopic (exact) mass is 277 g/mol. The van der Waals surface area contributed by atoms with E-state index in [1.165, 1.54) is 11.3 Å². The Morgan fingerprint density at radius 1 is 1.58 bits per heavy atom. The van der Waals surface area contributed by atoms with E-state index >= 15 is 0 Å². The summed E-state index contributed by atoms with van der Waals surface area (Å²) in [7, 11) is 0. The van der Waals surface area contributed by atoms with Crippen LogP contribution in [0.25, 0.3) is 0 Å². The number of rotatable bonds is 2. The number of nitrogens with zero attached hydrogens (tertiary/aromatic N) is 2. The van der Waals surface area contributed by atoms with E-state index in [0.717, 1.165) is 16.1 Å². The summed E-state index contributed by atoms with van der Waals surface area (Å²) in [6.07, 6.45) is 1.70. The number of aromatic nitrogens is 2. The molecule has 3 rings (SSSR count). The second-order valence-corrected chi connectivity index (χ2v) is 5.45. The summed E-state index contributed by atoms with van der Waals surface area (Å²) < 4.78 is 5.50. The SMILES string of the molecule is Cc1ccsc1C(=O)N1CCOC[C@@H]1c1ccn[nH]1. The average Bonchev–Trinajstić information content (AvgIpc) is 3.09. The van der Waals surface area contributed by atoms with Gasteiger partial charge in [0.1, 0.15) is 0 Å². The molecular weight excluding hydrogens is 262 g/mol. The van der Waals surface area contributed by atoms with Crippen LogP contribution in [0.1, 0.15) is 27.0 Å². The summed E-state index contributed by atoms with van der Waals surface area (Å²) in [5.74, 6) is 0.0791. The zero-order valence-electron chi connectivity index (χ0n) is 10.6. The molecule has 1 N–H and O–H groups in total. The van der Waals surface area contributed by atoms with Gasteiger partial charge in [-0.1, -0.05) is 0 Å². The van der Waals surface area contributed by atoms with E-state index in [9.17, 15) is 4.79 Å². The van der Waals surface area contributed by atoms with Crippen LogP contribution in [0.5, 0.6) is 0 Å². The zero-order valence-corrected chi connectivity index (χ0v) is 11.4. The standard InChI is InChI=1S/C13H15N3O2S/c1-9-3-7-19-12(9)13(17)16-5-6-18-8-11(16)10-2-4-14-15-10/h2-4,7,11H,5-6,8H2,1H3,(H,14,15)/t11-/m1/s1. The van der Waals surface area contributed by atoms with Crippen molar-refractivity contribution >= 4 is 17.2 Å². The van der Waals surface area contributed by atoms with Crippen molar-refractivity contribution in [2.75, 3.05) is 19.8 Å². The number of amides is 1. The van der Waals surface area contributed by atoms with Gasteiger partial charge in [-0.15, -0.1) is 11.3 Å². The molecule has 1 aliphatic rings. The van der Waals surface area contributed by atoms with Crippen molar-refractivity contribution in [3.63, 3.8) is 0 Å². The molecule has 3 heterocycles. The number of H-pyrrole nitrogens is 1. The van der Waals surface area contributed by atoms with Crippen LogP contribution in [0.2, 0.25) is 0 Å². The summed E-state index contributed by atoms with van der Waals surface area (Å²) in [4.78, 5) is 15.3. The summed E-state index contributed by atoms with van der Waals surface area (Å²) in [5.41, 5.74) is 1.95. The normalized spacial score (nSPS) is 19.6. The molecule has 5 nitrogen and oxygen atoms in total. The van der Waals surface area contributed by atoms with Crippen LogP contribution in [0.3, 0.4) is 0 Å². The topological polar surface area (TPSA) is 58.2 Å². The molecule has 1 saturated heterocycles. The highest BCUT2D eigenvalue weighted by Crippen LogP contribution is 2.27. The Hall–Kier alpha value is -1.66. The van der Waals surface area contributed by atoms with Gasteiger partial charge in [0.25, 0.3) is 5.91 Å². The Labute approximate surface area is 115 Å². The van der Waals surface area contributed by atoms with Crippen molar-refractivity contribution in [3.8, 4) is 0 Å². The first-order valence-electron chi connectivity index (χ1n) is 6.19. The second kappa shape index (κ2) is 5.14. The maximum absolute atomic E-state index is 12.6. The molecule has 0 bridgehead atoms. The molecule has 0 saturated carbocycles. The summed E-state index contributed by atoms with van der Waals surface area (Å²) in [6, 6.07) is 3.79. The summed E-state index contributed by atoms with van der Waals surface area (Å²) >= 11 is 1.49. The maximum Gasteiger partial charge on any atom is 0.264 e. The third-order valence-electron chi connectivity index (χ3n) is 3.33. The van der Waals surface area contributed by atoms with Gasteiger partial charge in [-0.25, -0.2) is 0 Å². The van der Waals surface area contributed by atoms with Crippen molar-refractivity contribution in [1.29, 1.82) is 0 Å². The van der Waals surface area contributed by atoms with Crippen molar-refractivity contribution in [2.45, 2.75) is 13.0 Å². The zero-order chi connectivity index (χ0) is 13.2. The molecule has 0 aliphatic carbocycles. The van der Waals surface area contributed by atoms with E-state index in [2.05, 4.69) is 10.2 Å². The molecule has 6 heteroatoms. The number of thiophene rings is 1. The van der Waals surface area contributed by atoms with Gasteiger partial charge in [-0.3, -0.25) is 9.89 Å². The van der Waals surface area contributed by atoms with Crippen molar-refractivity contribution < 1.29 is 9.53 Å². The molecule has 1 aliphatic heterocycles. The first-order chi connectivity index (χ1) is 9.27. The van der Waals surface area contributed by atoms with E-state index in [1.54, 1.807) is 6.20 Å². The van der Waals surface area contributed by atoms with Gasteiger partial charge >= 0.3 is 0 Å². The number of nitrogens with one attached hydrogen (secondary N) is 1. The Bertz CT molecular complexity index is 564. The van der Waals surface area contributed by atoms with Crippen LogP contribution >= 0.6 is 11.3 Å². The number of morpholine rings is 1. The molecular formula is C13H15N3O2S. The number of hydrogen-bond acceptors (Lipinski definition) is 4. The molecule has 1 amide bonds. The average molecular weight is 277 g/mol. The van der Waals surface area contributed by atoms with Crippen LogP contribution in [0, 0.1) is 6.92 Å². The van der Waals surface area contributed by atoms with Crippen LogP contribution in [-0.4, -0.2) is 40.8 Å². The summed E-state index contributed by atoms with van der Waals surface area (Å²) in [6.45, 7) is 3.68. The van der Waals surface area contributed by atoms with Crippen LogP contribution in [0.15, 0.2) is 23.7 Å². The van der Waals surface area contributed by atoms with E-state index in [0.29, 0.717) is 19.8 Å². The first kappa shape index (κ1) is 12.4. The molecule has 0 radical (unpaired) electrons. The van der Waals surface area contributed by atoms with Gasteiger partial charge in [-0.05, 0) is 30.0 Å². The van der Waals surface area contributed by atoms with E-state index in [1.807, 2.05) is 29.3 Å². The second-order valence-electron chi connectivity index (χ2n) is 4.53. The first-order valence-corrected chi connectivity index (χ1v) is 7.07. The lowest BCUT2D eigenvalue weighted by Crippen LogP contribution is -2.43. The number of aryl methyl sites for hydroxylation is 1. The highest BCUT2D eigenvalue weighted by Gasteiger charge is 2.31. The minimum atomic E-state index is -0.0785. The predicted molar refractivity (Wildman–Crippen MR) is 72.2 cm³/mol. The lowest BCUT2D eigenvalue weighted by molar-refractivity contribution is -0.00368. The van der Waals surface area contributed by atoms with Gasteiger partial charge in [0.2, 0.25) is 0 Å². The smallest absolute Gasteiger partial charge is 0.264 e. The van der Waals surface area contributed by atoms with Gasteiger partial charge in [0.15, 0.2) is 0 Å². The Morgan fingerprint density at radius 2 is 2.47 bits per heavy atom. The fourth-order valence-electron chi connectivity index (χ4n) is 2.28. The molecule has 0 aromatic carbocycles. The highest BCUT2D eigenvalue weighted by atomic mass is 32.1. The van der Waals surface area contributed by atoms with Crippen molar-refractivity contribution in [2.24, 2.45) is 0 Å². The van der Waals surface area contributed by atoms with Gasteiger partial charge in [0, 0.05) is 12.7 Å². The van der Waals surface area contributed by atoms with Crippen LogP contribution in [-0.2, 0) is 4.74 Å². The molecule has 1 fully saturated rings. The number of carbonyl (C=O) groups excluding carboxylic acids is 1. The van der Waals surface area contributed by atoms with E-state index < -0.39 is 0 Å². The highest BCUT2D eigenvalue weighted by molar-refractivity contribution is 7.12. The number of hydrogen-bond donors (Lipinski definition) is 1. The lowest BCUT2D eigenvalue weighted by atomic mass is 10.1. The minimum Gasteiger partial charge on any atom is -0.377 e. The van der Waals surface area contributed by atoms with Gasteiger partial charge in [0.05, 0.1) is 29.8 Å². The fourth-order valence-corrected chi connectivity index (χ4v) is 3.16. The molecule has 19 heavy (non-hydrogen) atoms. The Balaban J connectivity index is 1.89. The molecule has 0 spiro atoms. The predicted octanol–water partition coefficient (Wildman–Crippen LogP) is 1.99. The van der Waals surface area contributed by atoms with Gasteiger partial charge in [-0.2, -0.15) is 5.10 Å². The Morgan fingerprint density at radius 3 is 3.16 bits per heavy atom. The lowest BCUT2D eigenvalue weighted by Gasteiger charge is -2.34. The third kappa shape index (κ3) is 2.29.